The lowest BCUT2D eigenvalue weighted by Crippen LogP contribution is -2.24. The molecule has 0 aromatic heterocycles. The topological polar surface area (TPSA) is 6.48 Å². The minimum absolute atomic E-state index is 0.297. The van der Waals surface area contributed by atoms with Crippen molar-refractivity contribution < 1.29 is 0 Å². The first kappa shape index (κ1) is 40.5. The molecule has 0 amide bonds. The number of nitrogens with zero attached hydrogens (tertiary/aromatic N) is 2. The smallest absolute Gasteiger partial charge is 0.0468 e. The Hall–Kier alpha value is -8.72. The van der Waals surface area contributed by atoms with Gasteiger partial charge in [0.1, 0.15) is 0 Å². The van der Waals surface area contributed by atoms with Crippen LogP contribution in [-0.4, -0.2) is 0 Å². The predicted octanol–water partition coefficient (Wildman–Crippen LogP) is 18.9. The molecule has 0 saturated carbocycles. The van der Waals surface area contributed by atoms with E-state index in [1.807, 2.05) is 0 Å². The van der Waals surface area contributed by atoms with E-state index in [0.717, 1.165) is 34.1 Å². The lowest BCUT2D eigenvalue weighted by Gasteiger charge is -2.38. The van der Waals surface area contributed by atoms with Crippen molar-refractivity contribution in [2.75, 3.05) is 9.80 Å². The van der Waals surface area contributed by atoms with Gasteiger partial charge in [0.15, 0.2) is 0 Å². The molecule has 0 spiro atoms. The first-order valence-electron chi connectivity index (χ1n) is 24.0. The van der Waals surface area contributed by atoms with Crippen LogP contribution in [0.3, 0.4) is 0 Å². The molecule has 0 heterocycles. The highest BCUT2D eigenvalue weighted by atomic mass is 15.1. The summed E-state index contributed by atoms with van der Waals surface area (Å²) in [7, 11) is 0. The number of para-hydroxylation sites is 2. The molecular formula is C67H48N2. The van der Waals surface area contributed by atoms with Crippen molar-refractivity contribution in [2.45, 2.75) is 19.3 Å². The summed E-state index contributed by atoms with van der Waals surface area (Å²) < 4.78 is 0. The fourth-order valence-corrected chi connectivity index (χ4v) is 11.2. The van der Waals surface area contributed by atoms with Crippen LogP contribution in [0.15, 0.2) is 255 Å². The van der Waals surface area contributed by atoms with E-state index in [1.165, 1.54) is 87.6 Å². The number of benzene rings is 12. The maximum Gasteiger partial charge on any atom is 0.0468 e. The molecule has 2 nitrogen and oxygen atoms in total. The molecular weight excluding hydrogens is 833 g/mol. The minimum Gasteiger partial charge on any atom is -0.310 e. The highest BCUT2D eigenvalue weighted by molar-refractivity contribution is 6.24. The van der Waals surface area contributed by atoms with Gasteiger partial charge in [-0.05, 0) is 166 Å². The maximum atomic E-state index is 2.46. The lowest BCUT2D eigenvalue weighted by molar-refractivity contribution is 0.645. The number of anilines is 6. The van der Waals surface area contributed by atoms with Crippen LogP contribution < -0.4 is 9.80 Å². The first-order chi connectivity index (χ1) is 34.0. The molecule has 0 aliphatic heterocycles. The lowest BCUT2D eigenvalue weighted by atomic mass is 9.66. The van der Waals surface area contributed by atoms with Gasteiger partial charge in [0.2, 0.25) is 0 Å². The zero-order valence-electron chi connectivity index (χ0n) is 38.6. The van der Waals surface area contributed by atoms with Crippen LogP contribution >= 0.6 is 0 Å². The maximum absolute atomic E-state index is 2.46. The normalized spacial score (nSPS) is 12.6. The van der Waals surface area contributed by atoms with Gasteiger partial charge in [-0.1, -0.05) is 190 Å². The van der Waals surface area contributed by atoms with Gasteiger partial charge >= 0.3 is 0 Å². The fraction of sp³-hybridized carbons (Fsp3) is 0.0448. The second kappa shape index (κ2) is 16.3. The van der Waals surface area contributed by atoms with Gasteiger partial charge in [0.05, 0.1) is 0 Å². The Morgan fingerprint density at radius 2 is 0.768 bits per heavy atom. The highest BCUT2D eigenvalue weighted by Crippen LogP contribution is 2.56. The summed E-state index contributed by atoms with van der Waals surface area (Å²) in [5, 5.41) is 10.1. The van der Waals surface area contributed by atoms with Gasteiger partial charge in [0.25, 0.3) is 0 Å². The van der Waals surface area contributed by atoms with Crippen LogP contribution in [0.1, 0.15) is 25.0 Å². The molecule has 0 bridgehead atoms. The Morgan fingerprint density at radius 3 is 1.39 bits per heavy atom. The number of hydrogen-bond acceptors (Lipinski definition) is 2. The Bertz CT molecular complexity index is 3910. The largest absolute Gasteiger partial charge is 0.310 e. The third-order valence-electron chi connectivity index (χ3n) is 14.6. The number of hydrogen-bond donors (Lipinski definition) is 0. The molecule has 12 aromatic rings. The Labute approximate surface area is 403 Å². The third kappa shape index (κ3) is 6.79. The second-order valence-corrected chi connectivity index (χ2v) is 18.9. The molecule has 0 radical (unpaired) electrons. The Morgan fingerprint density at radius 1 is 0.275 bits per heavy atom. The summed E-state index contributed by atoms with van der Waals surface area (Å²) in [5.74, 6) is 0. The van der Waals surface area contributed by atoms with Crippen molar-refractivity contribution in [2.24, 2.45) is 0 Å². The monoisotopic (exact) mass is 880 g/mol. The van der Waals surface area contributed by atoms with E-state index in [9.17, 15) is 0 Å². The van der Waals surface area contributed by atoms with Crippen LogP contribution in [0.4, 0.5) is 34.1 Å². The average Bonchev–Trinajstić information content (AvgIpc) is 3.41. The molecule has 69 heavy (non-hydrogen) atoms. The van der Waals surface area contributed by atoms with Crippen LogP contribution in [0.25, 0.3) is 76.5 Å². The van der Waals surface area contributed by atoms with Gasteiger partial charge in [-0.25, -0.2) is 0 Å². The van der Waals surface area contributed by atoms with Crippen LogP contribution in [0, 0.1) is 0 Å². The zero-order valence-corrected chi connectivity index (χ0v) is 38.6. The quantitative estimate of drug-likeness (QED) is 0.140. The summed E-state index contributed by atoms with van der Waals surface area (Å²) >= 11 is 0. The molecule has 13 rings (SSSR count). The van der Waals surface area contributed by atoms with Gasteiger partial charge in [-0.2, -0.15) is 0 Å². The molecule has 0 saturated heterocycles. The molecule has 1 aliphatic rings. The summed E-state index contributed by atoms with van der Waals surface area (Å²) in [6.07, 6.45) is 0. The second-order valence-electron chi connectivity index (χ2n) is 18.9. The SMILES string of the molecule is CC1(C)c2cc(N(c3ccccc3)c3ccc4ccccc4c3)ccc2-c2c(-c3ccccc3)c3ccc(-c4ccc(N(c5ccccc5)c5ccc6ccccc6c5)cc4)cc3c3cccc1c23. The molecule has 1 aliphatic carbocycles. The predicted molar refractivity (Wildman–Crippen MR) is 294 cm³/mol. The van der Waals surface area contributed by atoms with Gasteiger partial charge in [0, 0.05) is 39.5 Å². The first-order valence-corrected chi connectivity index (χ1v) is 24.0. The van der Waals surface area contributed by atoms with Crippen molar-refractivity contribution >= 4 is 77.2 Å². The van der Waals surface area contributed by atoms with Crippen molar-refractivity contribution in [3.63, 3.8) is 0 Å². The van der Waals surface area contributed by atoms with Crippen molar-refractivity contribution in [3.05, 3.63) is 266 Å². The number of rotatable bonds is 8. The van der Waals surface area contributed by atoms with Gasteiger partial charge in [-0.15, -0.1) is 0 Å². The molecule has 0 fully saturated rings. The summed E-state index contributed by atoms with van der Waals surface area (Å²) in [6.45, 7) is 4.83. The van der Waals surface area contributed by atoms with Crippen LogP contribution in [0.5, 0.6) is 0 Å². The van der Waals surface area contributed by atoms with Crippen molar-refractivity contribution in [3.8, 4) is 33.4 Å². The Kier molecular flexibility index (Phi) is 9.55. The fourth-order valence-electron chi connectivity index (χ4n) is 11.2. The standard InChI is InChI=1S/C67H48N2/c1-67(2)62-28-16-27-58-61-43-51(47-29-34-54(35-30-47)68(52-23-8-4-9-24-52)55-36-31-45-17-12-14-21-49(45)41-55)33-39-59(61)64(48-19-6-3-7-20-48)66(65(58)62)60-40-38-57(44-63(60)67)69(53-25-10-5-11-26-53)56-37-32-46-18-13-15-22-50(46)42-56/h3-44H,1-2H3. The van der Waals surface area contributed by atoms with E-state index in [2.05, 4.69) is 278 Å². The van der Waals surface area contributed by atoms with Gasteiger partial charge < -0.3 is 9.80 Å². The van der Waals surface area contributed by atoms with E-state index in [0.29, 0.717) is 0 Å². The molecule has 2 heteroatoms. The number of fused-ring (bicyclic) bond motifs is 6. The van der Waals surface area contributed by atoms with Gasteiger partial charge in [-0.3, -0.25) is 0 Å². The van der Waals surface area contributed by atoms with Crippen LogP contribution in [0.2, 0.25) is 0 Å². The minimum atomic E-state index is -0.297. The van der Waals surface area contributed by atoms with E-state index in [1.54, 1.807) is 0 Å². The van der Waals surface area contributed by atoms with Crippen LogP contribution in [-0.2, 0) is 5.41 Å². The highest BCUT2D eigenvalue weighted by Gasteiger charge is 2.36. The zero-order chi connectivity index (χ0) is 46.1. The van der Waals surface area contributed by atoms with Crippen molar-refractivity contribution in [1.82, 2.24) is 0 Å². The summed E-state index contributed by atoms with van der Waals surface area (Å²) in [5.41, 5.74) is 16.6. The molecule has 326 valence electrons. The Balaban J connectivity index is 0.972. The summed E-state index contributed by atoms with van der Waals surface area (Å²) in [4.78, 5) is 4.76. The van der Waals surface area contributed by atoms with Crippen molar-refractivity contribution in [1.29, 1.82) is 0 Å². The van der Waals surface area contributed by atoms with E-state index in [-0.39, 0.29) is 5.41 Å². The average molecular weight is 881 g/mol. The molecule has 12 aromatic carbocycles. The molecule has 0 N–H and O–H groups in total. The summed E-state index contributed by atoms with van der Waals surface area (Å²) in [6, 6.07) is 93.7. The van der Waals surface area contributed by atoms with E-state index >= 15 is 0 Å². The molecule has 0 unspecified atom stereocenters. The van der Waals surface area contributed by atoms with E-state index in [4.69, 9.17) is 0 Å². The molecule has 0 atom stereocenters. The third-order valence-corrected chi connectivity index (χ3v) is 14.6. The van der Waals surface area contributed by atoms with E-state index < -0.39 is 0 Å².